The molecule has 1 aromatic rings. The van der Waals surface area contributed by atoms with Gasteiger partial charge in [-0.05, 0) is 20.3 Å². The molecule has 3 N–H and O–H groups in total. The fourth-order valence-electron chi connectivity index (χ4n) is 2.02. The van der Waals surface area contributed by atoms with Crippen LogP contribution in [0.4, 0.5) is 11.5 Å². The number of anilines is 2. The van der Waals surface area contributed by atoms with Crippen LogP contribution in [0.5, 0.6) is 0 Å². The van der Waals surface area contributed by atoms with Gasteiger partial charge >= 0.3 is 5.69 Å². The molecule has 0 amide bonds. The molecule has 7 nitrogen and oxygen atoms in total. The zero-order valence-corrected chi connectivity index (χ0v) is 13.5. The average molecular weight is 298 g/mol. The van der Waals surface area contributed by atoms with Gasteiger partial charge in [-0.1, -0.05) is 13.3 Å². The molecule has 0 bridgehead atoms. The smallest absolute Gasteiger partial charge is 0.332 e. The first-order valence-corrected chi connectivity index (χ1v) is 7.13. The molecule has 0 aliphatic carbocycles. The second-order valence-electron chi connectivity index (χ2n) is 5.92. The minimum absolute atomic E-state index is 0.139. The van der Waals surface area contributed by atoms with Crippen molar-refractivity contribution in [3.05, 3.63) is 20.8 Å². The molecule has 0 saturated heterocycles. The van der Waals surface area contributed by atoms with E-state index in [0.717, 1.165) is 17.4 Å². The van der Waals surface area contributed by atoms with Crippen molar-refractivity contribution in [2.45, 2.75) is 45.7 Å². The lowest BCUT2D eigenvalue weighted by Crippen LogP contribution is -2.50. The Balaban J connectivity index is 3.56. The van der Waals surface area contributed by atoms with Crippen LogP contribution in [0, 0.1) is 0 Å². The quantitative estimate of drug-likeness (QED) is 0.779. The summed E-state index contributed by atoms with van der Waals surface area (Å²) in [6.07, 6.45) is 1.72. The SMILES string of the molecule is CCCCn1c(N)c(N(C)C(C)(C)CO)c(=O)n(C)c1=O. The van der Waals surface area contributed by atoms with Crippen LogP contribution >= 0.6 is 0 Å². The molecule has 0 unspecified atom stereocenters. The van der Waals surface area contributed by atoms with E-state index in [2.05, 4.69) is 0 Å². The number of nitrogen functional groups attached to an aromatic ring is 1. The third-order valence-corrected chi connectivity index (χ3v) is 3.92. The lowest BCUT2D eigenvalue weighted by Gasteiger charge is -2.36. The molecule has 0 aromatic carbocycles. The number of aliphatic hydroxyl groups excluding tert-OH is 1. The minimum atomic E-state index is -0.659. The van der Waals surface area contributed by atoms with E-state index < -0.39 is 16.8 Å². The first-order chi connectivity index (χ1) is 9.68. The standard InChI is InChI=1S/C14H26N4O3/c1-6-7-8-18-11(15)10(12(20)16(4)13(18)21)17(5)14(2,3)9-19/h19H,6-9,15H2,1-5H3. The van der Waals surface area contributed by atoms with E-state index >= 15 is 0 Å². The number of aromatic nitrogens is 2. The van der Waals surface area contributed by atoms with E-state index in [1.165, 1.54) is 11.6 Å². The van der Waals surface area contributed by atoms with Crippen molar-refractivity contribution in [2.24, 2.45) is 7.05 Å². The summed E-state index contributed by atoms with van der Waals surface area (Å²) in [5, 5.41) is 9.48. The largest absolute Gasteiger partial charge is 0.394 e. The summed E-state index contributed by atoms with van der Waals surface area (Å²) in [6, 6.07) is 0. The van der Waals surface area contributed by atoms with Crippen molar-refractivity contribution in [1.82, 2.24) is 9.13 Å². The minimum Gasteiger partial charge on any atom is -0.394 e. The Bertz CT molecular complexity index is 616. The van der Waals surface area contributed by atoms with Crippen molar-refractivity contribution < 1.29 is 5.11 Å². The van der Waals surface area contributed by atoms with Crippen molar-refractivity contribution in [1.29, 1.82) is 0 Å². The average Bonchev–Trinajstić information content (AvgIpc) is 2.45. The number of nitrogens with two attached hydrogens (primary N) is 1. The van der Waals surface area contributed by atoms with Gasteiger partial charge in [-0.3, -0.25) is 13.9 Å². The Morgan fingerprint density at radius 3 is 2.38 bits per heavy atom. The van der Waals surface area contributed by atoms with Crippen LogP contribution in [0.2, 0.25) is 0 Å². The lowest BCUT2D eigenvalue weighted by atomic mass is 10.0. The van der Waals surface area contributed by atoms with Gasteiger partial charge in [-0.25, -0.2) is 4.79 Å². The molecule has 0 atom stereocenters. The molecule has 1 heterocycles. The van der Waals surface area contributed by atoms with E-state index in [9.17, 15) is 14.7 Å². The maximum absolute atomic E-state index is 12.4. The molecule has 1 aromatic heterocycles. The molecule has 0 radical (unpaired) electrons. The molecule has 0 aliphatic heterocycles. The molecule has 0 fully saturated rings. The molecule has 7 heteroatoms. The van der Waals surface area contributed by atoms with E-state index in [1.54, 1.807) is 25.8 Å². The molecular formula is C14H26N4O3. The van der Waals surface area contributed by atoms with Gasteiger partial charge in [-0.2, -0.15) is 0 Å². The van der Waals surface area contributed by atoms with Gasteiger partial charge in [0.15, 0.2) is 0 Å². The summed E-state index contributed by atoms with van der Waals surface area (Å²) >= 11 is 0. The summed E-state index contributed by atoms with van der Waals surface area (Å²) < 4.78 is 2.48. The Morgan fingerprint density at radius 2 is 1.90 bits per heavy atom. The second kappa shape index (κ2) is 6.34. The monoisotopic (exact) mass is 298 g/mol. The number of nitrogens with zero attached hydrogens (tertiary/aromatic N) is 3. The van der Waals surface area contributed by atoms with Crippen molar-refractivity contribution >= 4 is 11.5 Å². The number of rotatable bonds is 6. The van der Waals surface area contributed by atoms with E-state index in [0.29, 0.717) is 6.54 Å². The highest BCUT2D eigenvalue weighted by molar-refractivity contribution is 5.63. The van der Waals surface area contributed by atoms with Gasteiger partial charge in [-0.15, -0.1) is 0 Å². The molecule has 0 spiro atoms. The number of unbranched alkanes of at least 4 members (excludes halogenated alkanes) is 1. The highest BCUT2D eigenvalue weighted by Crippen LogP contribution is 2.23. The van der Waals surface area contributed by atoms with Crippen molar-refractivity contribution in [3.8, 4) is 0 Å². The predicted molar refractivity (Wildman–Crippen MR) is 84.8 cm³/mol. The molecule has 0 saturated carbocycles. The first kappa shape index (κ1) is 17.3. The van der Waals surface area contributed by atoms with E-state index in [-0.39, 0.29) is 18.1 Å². The third-order valence-electron chi connectivity index (χ3n) is 3.92. The van der Waals surface area contributed by atoms with Gasteiger partial charge in [0.1, 0.15) is 11.5 Å². The van der Waals surface area contributed by atoms with Gasteiger partial charge in [0.2, 0.25) is 0 Å². The fourth-order valence-corrected chi connectivity index (χ4v) is 2.02. The first-order valence-electron chi connectivity index (χ1n) is 7.13. The molecular weight excluding hydrogens is 272 g/mol. The number of hydrogen-bond acceptors (Lipinski definition) is 5. The van der Waals surface area contributed by atoms with Gasteiger partial charge in [0, 0.05) is 20.6 Å². The summed E-state index contributed by atoms with van der Waals surface area (Å²) in [4.78, 5) is 26.2. The van der Waals surface area contributed by atoms with Crippen molar-refractivity contribution in [3.63, 3.8) is 0 Å². The highest BCUT2D eigenvalue weighted by atomic mass is 16.3. The zero-order valence-electron chi connectivity index (χ0n) is 13.5. The topological polar surface area (TPSA) is 93.5 Å². The van der Waals surface area contributed by atoms with Crippen molar-refractivity contribution in [2.75, 3.05) is 24.3 Å². The predicted octanol–water partition coefficient (Wildman–Crippen LogP) is 0.136. The summed E-state index contributed by atoms with van der Waals surface area (Å²) in [5.74, 6) is 0.153. The number of hydrogen-bond donors (Lipinski definition) is 2. The Morgan fingerprint density at radius 1 is 1.33 bits per heavy atom. The maximum atomic E-state index is 12.4. The van der Waals surface area contributed by atoms with Crippen LogP contribution in [0.1, 0.15) is 33.6 Å². The molecule has 1 rings (SSSR count). The highest BCUT2D eigenvalue weighted by Gasteiger charge is 2.28. The Hall–Kier alpha value is -1.76. The number of likely N-dealkylation sites (N-methyl/N-ethyl adjacent to an activating group) is 1. The van der Waals surface area contributed by atoms with Gasteiger partial charge in [0.05, 0.1) is 12.1 Å². The number of aliphatic hydroxyl groups is 1. The van der Waals surface area contributed by atoms with Crippen LogP contribution in [0.25, 0.3) is 0 Å². The molecule has 120 valence electrons. The van der Waals surface area contributed by atoms with Gasteiger partial charge in [0.25, 0.3) is 5.56 Å². The van der Waals surface area contributed by atoms with Crippen LogP contribution in [0.15, 0.2) is 9.59 Å². The molecule has 21 heavy (non-hydrogen) atoms. The van der Waals surface area contributed by atoms with Crippen LogP contribution in [-0.4, -0.2) is 33.4 Å². The fraction of sp³-hybridized carbons (Fsp3) is 0.714. The third kappa shape index (κ3) is 3.12. The lowest BCUT2D eigenvalue weighted by molar-refractivity contribution is 0.216. The zero-order chi connectivity index (χ0) is 16.4. The van der Waals surface area contributed by atoms with Crippen LogP contribution in [-0.2, 0) is 13.6 Å². The van der Waals surface area contributed by atoms with Gasteiger partial charge < -0.3 is 15.7 Å². The van der Waals surface area contributed by atoms with Crippen LogP contribution in [0.3, 0.4) is 0 Å². The summed E-state index contributed by atoms with van der Waals surface area (Å²) in [6.45, 7) is 5.95. The maximum Gasteiger partial charge on any atom is 0.332 e. The molecule has 0 aliphatic rings. The normalized spacial score (nSPS) is 11.7. The van der Waals surface area contributed by atoms with E-state index in [1.807, 2.05) is 6.92 Å². The van der Waals surface area contributed by atoms with Crippen LogP contribution < -0.4 is 21.9 Å². The second-order valence-corrected chi connectivity index (χ2v) is 5.92. The summed E-state index contributed by atoms with van der Waals surface area (Å²) in [5.41, 5.74) is 4.79. The Labute approximate surface area is 124 Å². The summed E-state index contributed by atoms with van der Waals surface area (Å²) in [7, 11) is 3.13. The Kier molecular flexibility index (Phi) is 5.22. The van der Waals surface area contributed by atoms with E-state index in [4.69, 9.17) is 5.73 Å².